The van der Waals surface area contributed by atoms with Crippen LogP contribution >= 0.6 is 23.2 Å². The van der Waals surface area contributed by atoms with Crippen molar-refractivity contribution in [1.82, 2.24) is 9.38 Å². The van der Waals surface area contributed by atoms with Crippen LogP contribution in [0.4, 0.5) is 0 Å². The van der Waals surface area contributed by atoms with E-state index in [9.17, 15) is 4.79 Å². The first-order valence-electron chi connectivity index (χ1n) is 7.07. The molecule has 0 radical (unpaired) electrons. The van der Waals surface area contributed by atoms with Gasteiger partial charge in [-0.25, -0.2) is 4.98 Å². The van der Waals surface area contributed by atoms with Crippen molar-refractivity contribution >= 4 is 34.6 Å². The molecule has 1 aliphatic rings. The molecule has 1 aliphatic carbocycles. The van der Waals surface area contributed by atoms with E-state index >= 15 is 0 Å². The second-order valence-corrected chi connectivity index (χ2v) is 6.36. The van der Waals surface area contributed by atoms with Gasteiger partial charge in [-0.05, 0) is 17.9 Å². The van der Waals surface area contributed by atoms with E-state index in [1.165, 1.54) is 5.56 Å². The summed E-state index contributed by atoms with van der Waals surface area (Å²) in [6, 6.07) is 11.8. The van der Waals surface area contributed by atoms with Gasteiger partial charge < -0.3 is 0 Å². The number of nitrogens with zero attached hydrogens (tertiary/aromatic N) is 2. The molecule has 22 heavy (non-hydrogen) atoms. The molecule has 0 aliphatic heterocycles. The Hall–Kier alpha value is -1.84. The molecule has 2 aromatic heterocycles. The third-order valence-corrected chi connectivity index (χ3v) is 4.85. The number of Topliss-reactive ketones (excluding diaryl/α,β-unsaturated/α-hetero) is 1. The van der Waals surface area contributed by atoms with Gasteiger partial charge >= 0.3 is 0 Å². The average molecular weight is 331 g/mol. The molecule has 0 saturated heterocycles. The molecular weight excluding hydrogens is 319 g/mol. The van der Waals surface area contributed by atoms with Crippen LogP contribution in [0.2, 0.25) is 10.0 Å². The van der Waals surface area contributed by atoms with Gasteiger partial charge in [-0.3, -0.25) is 9.20 Å². The summed E-state index contributed by atoms with van der Waals surface area (Å²) in [5, 5.41) is 0.871. The van der Waals surface area contributed by atoms with E-state index < -0.39 is 0 Å². The van der Waals surface area contributed by atoms with Gasteiger partial charge in [0.1, 0.15) is 11.3 Å². The van der Waals surface area contributed by atoms with Crippen molar-refractivity contribution in [3.05, 3.63) is 69.6 Å². The summed E-state index contributed by atoms with van der Waals surface area (Å²) >= 11 is 12.1. The normalized spacial score (nSPS) is 17.7. The number of fused-ring (bicyclic) bond motifs is 3. The van der Waals surface area contributed by atoms with Crippen LogP contribution < -0.4 is 0 Å². The fourth-order valence-electron chi connectivity index (χ4n) is 3.11. The number of carbonyl (C=O) groups excluding carboxylic acids is 1. The number of aromatic nitrogens is 2. The van der Waals surface area contributed by atoms with E-state index in [2.05, 4.69) is 17.1 Å². The fourth-order valence-corrected chi connectivity index (χ4v) is 3.41. The van der Waals surface area contributed by atoms with Gasteiger partial charge in [-0.2, -0.15) is 0 Å². The molecule has 0 N–H and O–H groups in total. The highest BCUT2D eigenvalue weighted by Crippen LogP contribution is 2.34. The fraction of sp³-hybridized carbons (Fsp3) is 0.176. The van der Waals surface area contributed by atoms with E-state index in [0.717, 1.165) is 12.1 Å². The predicted octanol–water partition coefficient (Wildman–Crippen LogP) is 4.55. The molecule has 3 nitrogen and oxygen atoms in total. The highest BCUT2D eigenvalue weighted by molar-refractivity contribution is 6.42. The predicted molar refractivity (Wildman–Crippen MR) is 87.0 cm³/mol. The van der Waals surface area contributed by atoms with Crippen LogP contribution in [0.5, 0.6) is 0 Å². The van der Waals surface area contributed by atoms with Gasteiger partial charge in [0.15, 0.2) is 5.78 Å². The standard InChI is InChI=1S/C17H12Cl2N2O/c18-12-8-16-20-14-6-11(10-4-2-1-3-5-10)7-15(22)17(14)21(16)9-13(12)19/h1-5,8-9,11H,6-7H2. The molecule has 0 saturated carbocycles. The van der Waals surface area contributed by atoms with Crippen LogP contribution in [0.1, 0.15) is 34.1 Å². The number of rotatable bonds is 1. The summed E-state index contributed by atoms with van der Waals surface area (Å²) in [4.78, 5) is 17.2. The van der Waals surface area contributed by atoms with Crippen molar-refractivity contribution in [3.63, 3.8) is 0 Å². The minimum absolute atomic E-state index is 0.0981. The molecule has 0 bridgehead atoms. The number of ketones is 1. The van der Waals surface area contributed by atoms with Crippen molar-refractivity contribution in [2.24, 2.45) is 0 Å². The van der Waals surface area contributed by atoms with Gasteiger partial charge in [-0.15, -0.1) is 0 Å². The Balaban J connectivity index is 1.83. The van der Waals surface area contributed by atoms with Crippen LogP contribution in [-0.4, -0.2) is 15.2 Å². The molecule has 4 rings (SSSR count). The Morgan fingerprint density at radius 2 is 1.86 bits per heavy atom. The Kier molecular flexibility index (Phi) is 3.21. The number of hydrogen-bond acceptors (Lipinski definition) is 2. The van der Waals surface area contributed by atoms with Crippen molar-refractivity contribution in [3.8, 4) is 0 Å². The lowest BCUT2D eigenvalue weighted by atomic mass is 9.84. The zero-order chi connectivity index (χ0) is 15.3. The number of halogens is 2. The molecule has 2 heterocycles. The SMILES string of the molecule is O=C1CC(c2ccccc2)Cc2nc3cc(Cl)c(Cl)cn3c21. The van der Waals surface area contributed by atoms with Crippen LogP contribution in [0.15, 0.2) is 42.6 Å². The minimum atomic E-state index is 0.0981. The van der Waals surface area contributed by atoms with Crippen molar-refractivity contribution in [2.45, 2.75) is 18.8 Å². The lowest BCUT2D eigenvalue weighted by Crippen LogP contribution is -2.19. The van der Waals surface area contributed by atoms with E-state index in [1.54, 1.807) is 16.7 Å². The summed E-state index contributed by atoms with van der Waals surface area (Å²) in [5.74, 6) is 0.276. The molecule has 1 atom stereocenters. The van der Waals surface area contributed by atoms with Gasteiger partial charge in [-0.1, -0.05) is 53.5 Å². The molecule has 5 heteroatoms. The summed E-state index contributed by atoms with van der Waals surface area (Å²) in [6.45, 7) is 0. The number of imidazole rings is 1. The van der Waals surface area contributed by atoms with Crippen LogP contribution in [0.3, 0.4) is 0 Å². The summed E-state index contributed by atoms with van der Waals surface area (Å²) < 4.78 is 1.76. The number of carbonyl (C=O) groups is 1. The monoisotopic (exact) mass is 330 g/mol. The first-order chi connectivity index (χ1) is 10.6. The summed E-state index contributed by atoms with van der Waals surface area (Å²) in [7, 11) is 0. The minimum Gasteiger partial charge on any atom is -0.295 e. The zero-order valence-corrected chi connectivity index (χ0v) is 13.1. The molecule has 110 valence electrons. The molecule has 1 unspecified atom stereocenters. The lowest BCUT2D eigenvalue weighted by Gasteiger charge is -2.21. The first-order valence-corrected chi connectivity index (χ1v) is 7.83. The van der Waals surface area contributed by atoms with Gasteiger partial charge in [0.25, 0.3) is 0 Å². The Labute approximate surface area is 137 Å². The Bertz CT molecular complexity index is 887. The second-order valence-electron chi connectivity index (χ2n) is 5.54. The smallest absolute Gasteiger partial charge is 0.182 e. The quantitative estimate of drug-likeness (QED) is 0.655. The van der Waals surface area contributed by atoms with Crippen molar-refractivity contribution in [1.29, 1.82) is 0 Å². The van der Waals surface area contributed by atoms with E-state index in [-0.39, 0.29) is 11.7 Å². The summed E-state index contributed by atoms with van der Waals surface area (Å²) in [6.07, 6.45) is 2.92. The highest BCUT2D eigenvalue weighted by Gasteiger charge is 2.30. The van der Waals surface area contributed by atoms with E-state index in [1.807, 2.05) is 18.2 Å². The van der Waals surface area contributed by atoms with Crippen molar-refractivity contribution in [2.75, 3.05) is 0 Å². The zero-order valence-electron chi connectivity index (χ0n) is 11.6. The Morgan fingerprint density at radius 3 is 2.64 bits per heavy atom. The van der Waals surface area contributed by atoms with E-state index in [4.69, 9.17) is 23.2 Å². The number of benzene rings is 1. The third-order valence-electron chi connectivity index (χ3n) is 4.14. The molecule has 3 aromatic rings. The van der Waals surface area contributed by atoms with Crippen LogP contribution in [-0.2, 0) is 6.42 Å². The third kappa shape index (κ3) is 2.13. The van der Waals surface area contributed by atoms with Crippen LogP contribution in [0.25, 0.3) is 5.65 Å². The van der Waals surface area contributed by atoms with Crippen molar-refractivity contribution < 1.29 is 4.79 Å². The Morgan fingerprint density at radius 1 is 1.09 bits per heavy atom. The average Bonchev–Trinajstić information content (AvgIpc) is 2.86. The van der Waals surface area contributed by atoms with Gasteiger partial charge in [0.2, 0.25) is 0 Å². The largest absolute Gasteiger partial charge is 0.295 e. The molecular formula is C17H12Cl2N2O. The lowest BCUT2D eigenvalue weighted by molar-refractivity contribution is 0.0958. The van der Waals surface area contributed by atoms with Gasteiger partial charge in [0.05, 0.1) is 15.7 Å². The number of hydrogen-bond donors (Lipinski definition) is 0. The van der Waals surface area contributed by atoms with Crippen LogP contribution in [0, 0.1) is 0 Å². The maximum Gasteiger partial charge on any atom is 0.182 e. The maximum absolute atomic E-state index is 12.6. The molecule has 0 amide bonds. The van der Waals surface area contributed by atoms with Gasteiger partial charge in [0, 0.05) is 18.7 Å². The number of pyridine rings is 1. The highest BCUT2D eigenvalue weighted by atomic mass is 35.5. The maximum atomic E-state index is 12.6. The van der Waals surface area contributed by atoms with E-state index in [0.29, 0.717) is 27.8 Å². The summed E-state index contributed by atoms with van der Waals surface area (Å²) in [5.41, 5.74) is 3.31. The topological polar surface area (TPSA) is 34.4 Å². The second kappa shape index (κ2) is 5.11. The molecule has 0 spiro atoms. The first kappa shape index (κ1) is 13.8. The molecule has 1 aromatic carbocycles. The molecule has 0 fully saturated rings.